The van der Waals surface area contributed by atoms with Crippen LogP contribution in [0.3, 0.4) is 0 Å². The monoisotopic (exact) mass is 394 g/mol. The van der Waals surface area contributed by atoms with Gasteiger partial charge < -0.3 is 11.1 Å². The molecule has 1 aromatic carbocycles. The lowest BCUT2D eigenvalue weighted by Crippen LogP contribution is -2.34. The number of nitrogens with one attached hydrogen (secondary N) is 1. The van der Waals surface area contributed by atoms with Crippen molar-refractivity contribution in [3.05, 3.63) is 52.7 Å². The van der Waals surface area contributed by atoms with Crippen molar-refractivity contribution in [1.82, 2.24) is 9.97 Å². The Bertz CT molecular complexity index is 953. The Morgan fingerprint density at radius 1 is 1.21 bits per heavy atom. The number of hydrogen-bond donors (Lipinski definition) is 2. The topological polar surface area (TPSA) is 80.9 Å². The molecule has 3 N–H and O–H groups in total. The molecule has 0 amide bonds. The number of aromatic nitrogens is 2. The first kappa shape index (κ1) is 19.0. The number of hydrogen-bond acceptors (Lipinski definition) is 6. The molecule has 0 fully saturated rings. The number of allylic oxidation sites excluding steroid dienone is 2. The first-order chi connectivity index (χ1) is 13.4. The molecule has 1 aliphatic heterocycles. The average Bonchev–Trinajstić information content (AvgIpc) is 2.64. The Labute approximate surface area is 170 Å². The number of fused-ring (bicyclic) bond motifs is 1. The lowest BCUT2D eigenvalue weighted by atomic mass is 9.69. The number of carbonyl (C=O) groups is 1. The number of nitrogen functional groups attached to an aromatic ring is 1. The van der Waals surface area contributed by atoms with Gasteiger partial charge in [-0.25, -0.2) is 9.97 Å². The van der Waals surface area contributed by atoms with E-state index in [1.54, 1.807) is 11.8 Å². The number of nitrogens with two attached hydrogens (primary N) is 1. The maximum atomic E-state index is 13.2. The van der Waals surface area contributed by atoms with Crippen molar-refractivity contribution in [3.63, 3.8) is 0 Å². The van der Waals surface area contributed by atoms with Gasteiger partial charge in [-0.2, -0.15) is 0 Å². The average molecular weight is 395 g/mol. The number of Topliss-reactive ketones (excluding diaryl/α,β-unsaturated/α-hetero) is 1. The second-order valence-corrected chi connectivity index (χ2v) is 9.37. The van der Waals surface area contributed by atoms with E-state index < -0.39 is 0 Å². The second-order valence-electron chi connectivity index (χ2n) is 8.30. The van der Waals surface area contributed by atoms with Crippen LogP contribution in [0, 0.1) is 5.41 Å². The van der Waals surface area contributed by atoms with Crippen molar-refractivity contribution in [2.24, 2.45) is 5.41 Å². The van der Waals surface area contributed by atoms with Gasteiger partial charge in [0.2, 0.25) is 0 Å². The van der Waals surface area contributed by atoms with Crippen molar-refractivity contribution in [3.8, 4) is 0 Å². The van der Waals surface area contributed by atoms with Crippen molar-refractivity contribution >= 4 is 29.2 Å². The third-order valence-electron chi connectivity index (χ3n) is 5.29. The van der Waals surface area contributed by atoms with E-state index in [0.717, 1.165) is 46.8 Å². The zero-order chi connectivity index (χ0) is 19.9. The molecule has 0 spiro atoms. The molecule has 0 bridgehead atoms. The van der Waals surface area contributed by atoms with E-state index in [-0.39, 0.29) is 17.1 Å². The standard InChI is InChI=1S/C22H26N4OS/c1-4-10-28-21-25-19(23)18-16(13-8-6-5-7-9-13)17-14(24-20(18)26-21)11-22(2,3)12-15(17)27/h5-9,16H,4,10-12H2,1-3H3,(H3,23,24,25,26)/t16-/m1/s1. The summed E-state index contributed by atoms with van der Waals surface area (Å²) in [5.74, 6) is 2.10. The summed E-state index contributed by atoms with van der Waals surface area (Å²) in [6, 6.07) is 10.1. The molecule has 0 saturated carbocycles. The Hall–Kier alpha value is -2.34. The van der Waals surface area contributed by atoms with Gasteiger partial charge in [-0.1, -0.05) is 62.9 Å². The molecule has 1 atom stereocenters. The molecule has 2 heterocycles. The normalized spacial score (nSPS) is 20.4. The van der Waals surface area contributed by atoms with Crippen molar-refractivity contribution in [1.29, 1.82) is 0 Å². The first-order valence-corrected chi connectivity index (χ1v) is 10.8. The highest BCUT2D eigenvalue weighted by Gasteiger charge is 2.42. The molecule has 28 heavy (non-hydrogen) atoms. The van der Waals surface area contributed by atoms with E-state index in [1.807, 2.05) is 18.2 Å². The molecular weight excluding hydrogens is 368 g/mol. The van der Waals surface area contributed by atoms with Crippen LogP contribution >= 0.6 is 11.8 Å². The summed E-state index contributed by atoms with van der Waals surface area (Å²) in [5.41, 5.74) is 10.0. The number of nitrogens with zero attached hydrogens (tertiary/aromatic N) is 2. The minimum Gasteiger partial charge on any atom is -0.383 e. The fourth-order valence-corrected chi connectivity index (χ4v) is 4.86. The van der Waals surface area contributed by atoms with E-state index in [1.165, 1.54) is 0 Å². The maximum Gasteiger partial charge on any atom is 0.191 e. The highest BCUT2D eigenvalue weighted by Crippen LogP contribution is 2.49. The van der Waals surface area contributed by atoms with Crippen LogP contribution in [-0.2, 0) is 4.79 Å². The maximum absolute atomic E-state index is 13.2. The van der Waals surface area contributed by atoms with Gasteiger partial charge in [0.25, 0.3) is 0 Å². The lowest BCUT2D eigenvalue weighted by molar-refractivity contribution is -0.118. The van der Waals surface area contributed by atoms with Gasteiger partial charge in [0, 0.05) is 34.9 Å². The van der Waals surface area contributed by atoms with E-state index in [2.05, 4.69) is 43.2 Å². The van der Waals surface area contributed by atoms with Gasteiger partial charge in [0.15, 0.2) is 10.9 Å². The van der Waals surface area contributed by atoms with Crippen LogP contribution in [0.15, 0.2) is 46.8 Å². The highest BCUT2D eigenvalue weighted by atomic mass is 32.2. The number of thioether (sulfide) groups is 1. The minimum atomic E-state index is -0.221. The fraction of sp³-hybridized carbons (Fsp3) is 0.409. The van der Waals surface area contributed by atoms with Crippen LogP contribution in [0.25, 0.3) is 0 Å². The van der Waals surface area contributed by atoms with Crippen molar-refractivity contribution in [2.45, 2.75) is 51.1 Å². The molecule has 146 valence electrons. The lowest BCUT2D eigenvalue weighted by Gasteiger charge is -2.39. The SMILES string of the molecule is CCCSc1nc(N)c2c(n1)NC1=C(C(=O)CC(C)(C)C1)[C@H]2c1ccccc1. The summed E-state index contributed by atoms with van der Waals surface area (Å²) in [6.45, 7) is 6.41. The smallest absolute Gasteiger partial charge is 0.191 e. The van der Waals surface area contributed by atoms with Crippen molar-refractivity contribution < 1.29 is 4.79 Å². The quantitative estimate of drug-likeness (QED) is 0.575. The van der Waals surface area contributed by atoms with Crippen LogP contribution in [0.1, 0.15) is 57.1 Å². The van der Waals surface area contributed by atoms with Gasteiger partial charge in [-0.15, -0.1) is 0 Å². The second kappa shape index (κ2) is 7.24. The van der Waals surface area contributed by atoms with Gasteiger partial charge in [-0.05, 0) is 23.8 Å². The van der Waals surface area contributed by atoms with Crippen LogP contribution in [0.4, 0.5) is 11.6 Å². The largest absolute Gasteiger partial charge is 0.383 e. The predicted molar refractivity (Wildman–Crippen MR) is 114 cm³/mol. The Morgan fingerprint density at radius 2 is 1.96 bits per heavy atom. The summed E-state index contributed by atoms with van der Waals surface area (Å²) >= 11 is 1.61. The summed E-state index contributed by atoms with van der Waals surface area (Å²) in [7, 11) is 0. The zero-order valence-corrected chi connectivity index (χ0v) is 17.4. The van der Waals surface area contributed by atoms with Gasteiger partial charge in [-0.3, -0.25) is 4.79 Å². The third kappa shape index (κ3) is 3.41. The molecule has 0 unspecified atom stereocenters. The summed E-state index contributed by atoms with van der Waals surface area (Å²) in [5, 5.41) is 4.14. The Balaban J connectivity index is 1.89. The van der Waals surface area contributed by atoms with E-state index in [4.69, 9.17) is 10.7 Å². The molecule has 0 saturated heterocycles. The molecular formula is C22H26N4OS. The molecule has 2 aromatic rings. The molecule has 0 radical (unpaired) electrons. The molecule has 6 heteroatoms. The van der Waals surface area contributed by atoms with Gasteiger partial charge >= 0.3 is 0 Å². The van der Waals surface area contributed by atoms with E-state index in [0.29, 0.717) is 17.4 Å². The van der Waals surface area contributed by atoms with Crippen LogP contribution in [-0.4, -0.2) is 21.5 Å². The van der Waals surface area contributed by atoms with E-state index in [9.17, 15) is 4.79 Å². The van der Waals surface area contributed by atoms with Crippen molar-refractivity contribution in [2.75, 3.05) is 16.8 Å². The van der Waals surface area contributed by atoms with Gasteiger partial charge in [0.05, 0.1) is 0 Å². The highest BCUT2D eigenvalue weighted by molar-refractivity contribution is 7.99. The molecule has 4 rings (SSSR count). The number of rotatable bonds is 4. The Morgan fingerprint density at radius 3 is 2.68 bits per heavy atom. The van der Waals surface area contributed by atoms with Crippen LogP contribution < -0.4 is 11.1 Å². The number of ketones is 1. The summed E-state index contributed by atoms with van der Waals surface area (Å²) in [6.07, 6.45) is 2.40. The predicted octanol–water partition coefficient (Wildman–Crippen LogP) is 4.76. The number of carbonyl (C=O) groups excluding carboxylic acids is 1. The van der Waals surface area contributed by atoms with E-state index >= 15 is 0 Å². The van der Waals surface area contributed by atoms with Crippen LogP contribution in [0.2, 0.25) is 0 Å². The van der Waals surface area contributed by atoms with Crippen LogP contribution in [0.5, 0.6) is 0 Å². The zero-order valence-electron chi connectivity index (χ0n) is 16.6. The first-order valence-electron chi connectivity index (χ1n) is 9.78. The molecule has 1 aliphatic carbocycles. The number of anilines is 2. The molecule has 1 aromatic heterocycles. The van der Waals surface area contributed by atoms with Gasteiger partial charge in [0.1, 0.15) is 11.6 Å². The molecule has 2 aliphatic rings. The molecule has 5 nitrogen and oxygen atoms in total. The summed E-state index contributed by atoms with van der Waals surface area (Å²) in [4.78, 5) is 22.5. The Kier molecular flexibility index (Phi) is 4.91. The fourth-order valence-electron chi connectivity index (χ4n) is 4.15. The minimum absolute atomic E-state index is 0.0694. The third-order valence-corrected chi connectivity index (χ3v) is 6.34. The summed E-state index contributed by atoms with van der Waals surface area (Å²) < 4.78 is 0. The number of benzene rings is 1.